The van der Waals surface area contributed by atoms with E-state index in [-0.39, 0.29) is 5.92 Å². The van der Waals surface area contributed by atoms with Crippen LogP contribution in [0, 0.1) is 11.8 Å². The standard InChI is InChI=1S/C15H25NO3/c1-12-3-5-13(6-4-12)14(17)16-8-2-7-15(11-16)18-9-10-19-15/h12-13H,2-11H2,1H3. The molecule has 108 valence electrons. The Kier molecular flexibility index (Phi) is 3.81. The summed E-state index contributed by atoms with van der Waals surface area (Å²) in [5.41, 5.74) is 0. The van der Waals surface area contributed by atoms with Crippen LogP contribution in [0.1, 0.15) is 45.4 Å². The number of ether oxygens (including phenoxy) is 2. The molecular weight excluding hydrogens is 242 g/mol. The van der Waals surface area contributed by atoms with Crippen LogP contribution in [0.15, 0.2) is 0 Å². The van der Waals surface area contributed by atoms with Crippen molar-refractivity contribution in [3.8, 4) is 0 Å². The van der Waals surface area contributed by atoms with Gasteiger partial charge in [0.15, 0.2) is 5.79 Å². The molecule has 0 aromatic heterocycles. The highest BCUT2D eigenvalue weighted by atomic mass is 16.7. The van der Waals surface area contributed by atoms with E-state index in [4.69, 9.17) is 9.47 Å². The van der Waals surface area contributed by atoms with Crippen molar-refractivity contribution in [2.45, 2.75) is 51.2 Å². The molecule has 2 saturated heterocycles. The van der Waals surface area contributed by atoms with E-state index in [2.05, 4.69) is 6.92 Å². The first-order chi connectivity index (χ1) is 9.19. The molecule has 0 aromatic carbocycles. The average Bonchev–Trinajstić information content (AvgIpc) is 2.87. The fraction of sp³-hybridized carbons (Fsp3) is 0.933. The van der Waals surface area contributed by atoms with E-state index in [0.717, 1.165) is 38.1 Å². The fourth-order valence-corrected chi connectivity index (χ4v) is 3.67. The van der Waals surface area contributed by atoms with Crippen LogP contribution in [-0.2, 0) is 14.3 Å². The number of rotatable bonds is 1. The van der Waals surface area contributed by atoms with Gasteiger partial charge in [0.2, 0.25) is 5.91 Å². The van der Waals surface area contributed by atoms with Gasteiger partial charge in [-0.1, -0.05) is 6.92 Å². The highest BCUT2D eigenvalue weighted by Crippen LogP contribution is 2.34. The zero-order chi connectivity index (χ0) is 13.3. The monoisotopic (exact) mass is 267 g/mol. The Labute approximate surface area is 115 Å². The van der Waals surface area contributed by atoms with E-state index < -0.39 is 5.79 Å². The lowest BCUT2D eigenvalue weighted by Crippen LogP contribution is -2.52. The van der Waals surface area contributed by atoms with Crippen molar-refractivity contribution in [3.63, 3.8) is 0 Å². The quantitative estimate of drug-likeness (QED) is 0.731. The summed E-state index contributed by atoms with van der Waals surface area (Å²) in [5, 5.41) is 0. The molecular formula is C15H25NO3. The van der Waals surface area contributed by atoms with Gasteiger partial charge in [0.1, 0.15) is 0 Å². The molecule has 0 bridgehead atoms. The topological polar surface area (TPSA) is 38.8 Å². The van der Waals surface area contributed by atoms with Crippen LogP contribution in [0.4, 0.5) is 0 Å². The van der Waals surface area contributed by atoms with Crippen LogP contribution in [0.2, 0.25) is 0 Å². The molecule has 19 heavy (non-hydrogen) atoms. The predicted octanol–water partition coefficient (Wildman–Crippen LogP) is 2.18. The molecule has 0 aromatic rings. The fourth-order valence-electron chi connectivity index (χ4n) is 3.67. The van der Waals surface area contributed by atoms with Crippen molar-refractivity contribution in [1.82, 2.24) is 4.90 Å². The van der Waals surface area contributed by atoms with Crippen molar-refractivity contribution < 1.29 is 14.3 Å². The van der Waals surface area contributed by atoms with Gasteiger partial charge in [-0.2, -0.15) is 0 Å². The molecule has 2 heterocycles. The lowest BCUT2D eigenvalue weighted by Gasteiger charge is -2.40. The Morgan fingerprint density at radius 1 is 1.16 bits per heavy atom. The molecule has 0 unspecified atom stereocenters. The summed E-state index contributed by atoms with van der Waals surface area (Å²) in [6.07, 6.45) is 6.44. The lowest BCUT2D eigenvalue weighted by atomic mass is 9.82. The van der Waals surface area contributed by atoms with Gasteiger partial charge in [-0.15, -0.1) is 0 Å². The summed E-state index contributed by atoms with van der Waals surface area (Å²) < 4.78 is 11.5. The molecule has 3 rings (SSSR count). The SMILES string of the molecule is CC1CCC(C(=O)N2CCCC3(C2)OCCO3)CC1. The van der Waals surface area contributed by atoms with Crippen LogP contribution in [0.3, 0.4) is 0 Å². The van der Waals surface area contributed by atoms with E-state index >= 15 is 0 Å². The third kappa shape index (κ3) is 2.79. The largest absolute Gasteiger partial charge is 0.346 e. The summed E-state index contributed by atoms with van der Waals surface area (Å²) in [7, 11) is 0. The minimum atomic E-state index is -0.476. The van der Waals surface area contributed by atoms with Gasteiger partial charge in [0.25, 0.3) is 0 Å². The predicted molar refractivity (Wildman–Crippen MR) is 71.6 cm³/mol. The van der Waals surface area contributed by atoms with E-state index in [1.54, 1.807) is 0 Å². The van der Waals surface area contributed by atoms with E-state index in [0.29, 0.717) is 25.7 Å². The van der Waals surface area contributed by atoms with Crippen LogP contribution in [0.25, 0.3) is 0 Å². The van der Waals surface area contributed by atoms with Gasteiger partial charge in [-0.25, -0.2) is 0 Å². The lowest BCUT2D eigenvalue weighted by molar-refractivity contribution is -0.194. The number of amides is 1. The van der Waals surface area contributed by atoms with E-state index in [1.165, 1.54) is 12.8 Å². The minimum absolute atomic E-state index is 0.243. The maximum absolute atomic E-state index is 12.6. The first-order valence-electron chi connectivity index (χ1n) is 7.75. The smallest absolute Gasteiger partial charge is 0.225 e. The molecule has 2 aliphatic heterocycles. The van der Waals surface area contributed by atoms with Crippen LogP contribution in [-0.4, -0.2) is 42.9 Å². The number of nitrogens with zero attached hydrogens (tertiary/aromatic N) is 1. The molecule has 0 atom stereocenters. The van der Waals surface area contributed by atoms with Crippen molar-refractivity contribution in [1.29, 1.82) is 0 Å². The number of piperidine rings is 1. The Hall–Kier alpha value is -0.610. The van der Waals surface area contributed by atoms with Crippen molar-refractivity contribution in [3.05, 3.63) is 0 Å². The maximum Gasteiger partial charge on any atom is 0.225 e. The Bertz CT molecular complexity index is 330. The summed E-state index contributed by atoms with van der Waals surface area (Å²) >= 11 is 0. The molecule has 3 fully saturated rings. The molecule has 1 spiro atoms. The second-order valence-corrected chi connectivity index (χ2v) is 6.43. The highest BCUT2D eigenvalue weighted by Gasteiger charge is 2.43. The molecule has 0 N–H and O–H groups in total. The van der Waals surface area contributed by atoms with Crippen molar-refractivity contribution in [2.24, 2.45) is 11.8 Å². The molecule has 1 aliphatic carbocycles. The van der Waals surface area contributed by atoms with Gasteiger partial charge in [-0.05, 0) is 38.0 Å². The normalized spacial score (nSPS) is 34.7. The summed E-state index contributed by atoms with van der Waals surface area (Å²) in [6, 6.07) is 0. The Balaban J connectivity index is 1.60. The van der Waals surface area contributed by atoms with Crippen LogP contribution < -0.4 is 0 Å². The summed E-state index contributed by atoms with van der Waals surface area (Å²) in [4.78, 5) is 14.6. The third-order valence-electron chi connectivity index (χ3n) is 4.91. The second-order valence-electron chi connectivity index (χ2n) is 6.43. The van der Waals surface area contributed by atoms with E-state index in [9.17, 15) is 4.79 Å². The van der Waals surface area contributed by atoms with Gasteiger partial charge in [-0.3, -0.25) is 4.79 Å². The number of carbonyl (C=O) groups is 1. The highest BCUT2D eigenvalue weighted by molar-refractivity contribution is 5.79. The minimum Gasteiger partial charge on any atom is -0.346 e. The second kappa shape index (κ2) is 5.41. The van der Waals surface area contributed by atoms with Gasteiger partial charge < -0.3 is 14.4 Å². The van der Waals surface area contributed by atoms with Gasteiger partial charge >= 0.3 is 0 Å². The number of carbonyl (C=O) groups excluding carboxylic acids is 1. The summed E-state index contributed by atoms with van der Waals surface area (Å²) in [6.45, 7) is 5.14. The zero-order valence-electron chi connectivity index (χ0n) is 11.9. The first kappa shape index (κ1) is 13.4. The molecule has 3 aliphatic rings. The Morgan fingerprint density at radius 3 is 2.53 bits per heavy atom. The molecule has 1 amide bonds. The van der Waals surface area contributed by atoms with Crippen LogP contribution in [0.5, 0.6) is 0 Å². The van der Waals surface area contributed by atoms with Gasteiger partial charge in [0, 0.05) is 18.9 Å². The maximum atomic E-state index is 12.6. The number of likely N-dealkylation sites (tertiary alicyclic amines) is 1. The Morgan fingerprint density at radius 2 is 1.84 bits per heavy atom. The number of hydrogen-bond acceptors (Lipinski definition) is 3. The van der Waals surface area contributed by atoms with E-state index in [1.807, 2.05) is 4.90 Å². The average molecular weight is 267 g/mol. The van der Waals surface area contributed by atoms with Crippen LogP contribution >= 0.6 is 0 Å². The first-order valence-corrected chi connectivity index (χ1v) is 7.75. The molecule has 4 heteroatoms. The summed E-state index contributed by atoms with van der Waals surface area (Å²) in [5.74, 6) is 0.895. The third-order valence-corrected chi connectivity index (χ3v) is 4.91. The molecule has 0 radical (unpaired) electrons. The van der Waals surface area contributed by atoms with Gasteiger partial charge in [0.05, 0.1) is 19.8 Å². The van der Waals surface area contributed by atoms with Crippen molar-refractivity contribution >= 4 is 5.91 Å². The molecule has 1 saturated carbocycles. The zero-order valence-corrected chi connectivity index (χ0v) is 11.9. The number of hydrogen-bond donors (Lipinski definition) is 0. The van der Waals surface area contributed by atoms with Crippen molar-refractivity contribution in [2.75, 3.05) is 26.3 Å². The molecule has 4 nitrogen and oxygen atoms in total.